The van der Waals surface area contributed by atoms with Crippen molar-refractivity contribution in [3.63, 3.8) is 0 Å². The summed E-state index contributed by atoms with van der Waals surface area (Å²) in [5.41, 5.74) is 7.74. The first-order valence-electron chi connectivity index (χ1n) is 13.2. The number of aromatic amines is 1. The molecule has 0 atom stereocenters. The van der Waals surface area contributed by atoms with Gasteiger partial charge in [0.25, 0.3) is 11.8 Å². The van der Waals surface area contributed by atoms with Gasteiger partial charge >= 0.3 is 0 Å². The zero-order valence-electron chi connectivity index (χ0n) is 22.6. The normalized spacial score (nSPS) is 16.6. The number of benzene rings is 2. The number of nitrogens with one attached hydrogen (secondary N) is 2. The fourth-order valence-electron chi connectivity index (χ4n) is 5.40. The van der Waals surface area contributed by atoms with E-state index < -0.39 is 0 Å². The second-order valence-electron chi connectivity index (χ2n) is 10.3. The van der Waals surface area contributed by atoms with Gasteiger partial charge in [-0.1, -0.05) is 30.3 Å². The number of carbonyl (C=O) groups is 2. The predicted octanol–water partition coefficient (Wildman–Crippen LogP) is 5.14. The van der Waals surface area contributed by atoms with E-state index in [1.54, 1.807) is 0 Å². The molecule has 0 bridgehead atoms. The van der Waals surface area contributed by atoms with Crippen molar-refractivity contribution in [2.75, 3.05) is 38.5 Å². The largest absolute Gasteiger partial charge is 0.436 e. The Hall–Kier alpha value is -4.43. The van der Waals surface area contributed by atoms with Crippen molar-refractivity contribution in [3.8, 4) is 22.8 Å². The van der Waals surface area contributed by atoms with Crippen LogP contribution in [0.2, 0.25) is 0 Å². The molecule has 8 heteroatoms. The van der Waals surface area contributed by atoms with E-state index >= 15 is 0 Å². The zero-order chi connectivity index (χ0) is 27.3. The fraction of sp³-hybridized carbons (Fsp3) is 0.258. The Balaban J connectivity index is 1.30. The van der Waals surface area contributed by atoms with Gasteiger partial charge in [-0.05, 0) is 57.7 Å². The van der Waals surface area contributed by atoms with Gasteiger partial charge in [-0.15, -0.1) is 0 Å². The van der Waals surface area contributed by atoms with Crippen LogP contribution < -0.4 is 5.32 Å². The van der Waals surface area contributed by atoms with E-state index in [0.717, 1.165) is 58.1 Å². The summed E-state index contributed by atoms with van der Waals surface area (Å²) >= 11 is 0. The van der Waals surface area contributed by atoms with E-state index in [2.05, 4.69) is 27.2 Å². The molecule has 0 radical (unpaired) electrons. The average Bonchev–Trinajstić information content (AvgIpc) is 3.56. The number of aryl methyl sites for hydroxylation is 2. The van der Waals surface area contributed by atoms with Crippen LogP contribution in [0.15, 0.2) is 52.9 Å². The summed E-state index contributed by atoms with van der Waals surface area (Å²) in [5, 5.41) is 2.99. The lowest BCUT2D eigenvalue weighted by atomic mass is 10.0. The van der Waals surface area contributed by atoms with Crippen molar-refractivity contribution in [1.82, 2.24) is 19.8 Å². The third kappa shape index (κ3) is 4.46. The zero-order valence-corrected chi connectivity index (χ0v) is 22.6. The Morgan fingerprint density at radius 1 is 1.00 bits per heavy atom. The first kappa shape index (κ1) is 24.9. The first-order valence-corrected chi connectivity index (χ1v) is 13.2. The molecule has 0 saturated carbocycles. The molecule has 0 unspecified atom stereocenters. The quantitative estimate of drug-likeness (QED) is 0.363. The van der Waals surface area contributed by atoms with Gasteiger partial charge in [-0.25, -0.2) is 4.98 Å². The van der Waals surface area contributed by atoms with Crippen LogP contribution in [-0.4, -0.2) is 64.8 Å². The Morgan fingerprint density at radius 3 is 2.49 bits per heavy atom. The molecule has 2 aliphatic heterocycles. The van der Waals surface area contributed by atoms with Crippen molar-refractivity contribution in [3.05, 3.63) is 82.3 Å². The van der Waals surface area contributed by atoms with E-state index in [1.807, 2.05) is 80.3 Å². The van der Waals surface area contributed by atoms with Crippen LogP contribution in [0.25, 0.3) is 34.4 Å². The minimum Gasteiger partial charge on any atom is -0.436 e. The number of nitrogens with zero attached hydrogens (tertiary/aromatic N) is 3. The number of anilines is 1. The van der Waals surface area contributed by atoms with Crippen LogP contribution in [-0.2, 0) is 4.79 Å². The lowest BCUT2D eigenvalue weighted by molar-refractivity contribution is -0.110. The van der Waals surface area contributed by atoms with Crippen LogP contribution >= 0.6 is 0 Å². The third-order valence-electron chi connectivity index (χ3n) is 7.65. The third-order valence-corrected chi connectivity index (χ3v) is 7.65. The molecule has 0 aliphatic carbocycles. The highest BCUT2D eigenvalue weighted by Crippen LogP contribution is 2.38. The molecular weight excluding hydrogens is 490 g/mol. The maximum absolute atomic E-state index is 13.3. The Morgan fingerprint density at radius 2 is 1.74 bits per heavy atom. The molecule has 8 nitrogen and oxygen atoms in total. The van der Waals surface area contributed by atoms with Gasteiger partial charge < -0.3 is 24.5 Å². The predicted molar refractivity (Wildman–Crippen MR) is 152 cm³/mol. The van der Waals surface area contributed by atoms with Crippen molar-refractivity contribution in [2.45, 2.75) is 20.8 Å². The molecule has 6 rings (SSSR count). The summed E-state index contributed by atoms with van der Waals surface area (Å²) in [6.45, 7) is 8.93. The van der Waals surface area contributed by atoms with Crippen LogP contribution in [0.1, 0.15) is 38.6 Å². The van der Waals surface area contributed by atoms with E-state index in [-0.39, 0.29) is 11.8 Å². The molecular formula is C31H31N5O3. The maximum Gasteiger partial charge on any atom is 0.256 e. The topological polar surface area (TPSA) is 94.5 Å². The second-order valence-corrected chi connectivity index (χ2v) is 10.3. The highest BCUT2D eigenvalue weighted by Gasteiger charge is 2.28. The minimum absolute atomic E-state index is 0.0391. The Kier molecular flexibility index (Phi) is 6.19. The second kappa shape index (κ2) is 9.71. The molecule has 2 N–H and O–H groups in total. The maximum atomic E-state index is 13.3. The number of aromatic nitrogens is 2. The van der Waals surface area contributed by atoms with Crippen LogP contribution in [0.4, 0.5) is 5.69 Å². The van der Waals surface area contributed by atoms with Crippen molar-refractivity contribution >= 4 is 29.2 Å². The summed E-state index contributed by atoms with van der Waals surface area (Å²) < 4.78 is 6.12. The number of hydrogen-bond donors (Lipinski definition) is 2. The van der Waals surface area contributed by atoms with Crippen LogP contribution in [0.5, 0.6) is 0 Å². The number of fused-ring (bicyclic) bond motifs is 1. The van der Waals surface area contributed by atoms with Crippen molar-refractivity contribution in [2.24, 2.45) is 0 Å². The number of likely N-dealkylation sites (N-methyl/N-ethyl adjacent to an activating group) is 1. The first-order chi connectivity index (χ1) is 18.8. The van der Waals surface area contributed by atoms with E-state index in [9.17, 15) is 9.59 Å². The molecule has 2 aromatic heterocycles. The number of rotatable bonds is 4. The van der Waals surface area contributed by atoms with Gasteiger partial charge in [0, 0.05) is 59.9 Å². The van der Waals surface area contributed by atoms with Gasteiger partial charge in [0.2, 0.25) is 5.89 Å². The number of oxazole rings is 1. The fourth-order valence-corrected chi connectivity index (χ4v) is 5.40. The lowest BCUT2D eigenvalue weighted by Gasteiger charge is -2.32. The van der Waals surface area contributed by atoms with Crippen molar-refractivity contribution in [1.29, 1.82) is 0 Å². The molecule has 1 fully saturated rings. The molecule has 4 aromatic rings. The van der Waals surface area contributed by atoms with E-state index in [1.165, 1.54) is 0 Å². The SMILES string of the molecule is Cc1nc(-c2ccccc2)oc1-c1ccc2c(c1)NC(=O)/C2=C\c1[nH]c(C)c(C(=O)N2CCN(C)CC2)c1C. The number of carbonyl (C=O) groups excluding carboxylic acids is 2. The molecule has 0 spiro atoms. The highest BCUT2D eigenvalue weighted by molar-refractivity contribution is 6.35. The number of hydrogen-bond acceptors (Lipinski definition) is 5. The van der Waals surface area contributed by atoms with E-state index in [4.69, 9.17) is 4.42 Å². The van der Waals surface area contributed by atoms with Crippen LogP contribution in [0.3, 0.4) is 0 Å². The lowest BCUT2D eigenvalue weighted by Crippen LogP contribution is -2.47. The Bertz CT molecular complexity index is 1620. The van der Waals surface area contributed by atoms with Gasteiger partial charge in [-0.2, -0.15) is 0 Å². The summed E-state index contributed by atoms with van der Waals surface area (Å²) in [4.78, 5) is 38.5. The monoisotopic (exact) mass is 521 g/mol. The van der Waals surface area contributed by atoms with E-state index in [0.29, 0.717) is 35.9 Å². The number of H-pyrrole nitrogens is 1. The van der Waals surface area contributed by atoms with Crippen LogP contribution in [0, 0.1) is 20.8 Å². The molecule has 39 heavy (non-hydrogen) atoms. The molecule has 198 valence electrons. The van der Waals surface area contributed by atoms with Gasteiger partial charge in [0.1, 0.15) is 0 Å². The standard InChI is InChI=1S/C31H31N5O3/c1-18-25(32-19(2)27(18)31(38)36-14-12-35(4)13-15-36)17-24-23-11-10-22(16-26(23)34-29(24)37)28-20(3)33-30(39-28)21-8-6-5-7-9-21/h5-11,16-17,32H,12-15H2,1-4H3,(H,34,37)/b24-17-. The Labute approximate surface area is 227 Å². The average molecular weight is 522 g/mol. The summed E-state index contributed by atoms with van der Waals surface area (Å²) in [6.07, 6.45) is 1.84. The molecule has 4 heterocycles. The van der Waals surface area contributed by atoms with Gasteiger partial charge in [0.15, 0.2) is 5.76 Å². The summed E-state index contributed by atoms with van der Waals surface area (Å²) in [7, 11) is 2.07. The summed E-state index contributed by atoms with van der Waals surface area (Å²) in [5.74, 6) is 1.09. The molecule has 1 saturated heterocycles. The summed E-state index contributed by atoms with van der Waals surface area (Å²) in [6, 6.07) is 15.6. The molecule has 2 aliphatic rings. The number of piperazine rings is 1. The van der Waals surface area contributed by atoms with Crippen molar-refractivity contribution < 1.29 is 14.0 Å². The highest BCUT2D eigenvalue weighted by atomic mass is 16.4. The van der Waals surface area contributed by atoms with Gasteiger partial charge in [-0.3, -0.25) is 9.59 Å². The molecule has 2 amide bonds. The minimum atomic E-state index is -0.181. The number of amides is 2. The smallest absolute Gasteiger partial charge is 0.256 e. The molecule has 2 aromatic carbocycles. The van der Waals surface area contributed by atoms with Gasteiger partial charge in [0.05, 0.1) is 16.8 Å².